The van der Waals surface area contributed by atoms with E-state index in [9.17, 15) is 8.42 Å². The Kier molecular flexibility index (Phi) is 5.43. The summed E-state index contributed by atoms with van der Waals surface area (Å²) in [7, 11) is -0.809. The van der Waals surface area contributed by atoms with E-state index in [1.165, 1.54) is 13.2 Å². The number of methoxy groups -OCH3 is 2. The number of benzene rings is 2. The molecule has 0 atom stereocenters. The van der Waals surface area contributed by atoms with Crippen LogP contribution in [0, 0.1) is 6.92 Å². The zero-order chi connectivity index (χ0) is 19.4. The maximum atomic E-state index is 12.6. The molecular weight excluding hydrogens is 370 g/mol. The molecule has 0 aliphatic heterocycles. The van der Waals surface area contributed by atoms with Crippen molar-refractivity contribution >= 4 is 10.0 Å². The lowest BCUT2D eigenvalue weighted by atomic mass is 10.2. The third-order valence-electron chi connectivity index (χ3n) is 3.83. The van der Waals surface area contributed by atoms with Crippen LogP contribution in [-0.2, 0) is 16.6 Å². The summed E-state index contributed by atoms with van der Waals surface area (Å²) in [6.07, 6.45) is 0. The van der Waals surface area contributed by atoms with Gasteiger partial charge in [0.15, 0.2) is 0 Å². The number of hydrogen-bond donors (Lipinski definition) is 1. The van der Waals surface area contributed by atoms with Crippen LogP contribution < -0.4 is 14.2 Å². The molecule has 0 bridgehead atoms. The summed E-state index contributed by atoms with van der Waals surface area (Å²) in [4.78, 5) is 0.0555. The van der Waals surface area contributed by atoms with E-state index in [2.05, 4.69) is 14.9 Å². The molecule has 0 fully saturated rings. The van der Waals surface area contributed by atoms with E-state index in [0.29, 0.717) is 17.2 Å². The van der Waals surface area contributed by atoms with Gasteiger partial charge in [-0.05, 0) is 48.9 Å². The second kappa shape index (κ2) is 7.77. The quantitative estimate of drug-likeness (QED) is 0.662. The van der Waals surface area contributed by atoms with E-state index < -0.39 is 10.0 Å². The fraction of sp³-hybridized carbons (Fsp3) is 0.222. The number of aromatic nitrogens is 2. The van der Waals surface area contributed by atoms with Crippen molar-refractivity contribution in [2.45, 2.75) is 18.4 Å². The van der Waals surface area contributed by atoms with Crippen molar-refractivity contribution in [2.24, 2.45) is 0 Å². The van der Waals surface area contributed by atoms with Crippen LogP contribution in [0.25, 0.3) is 11.5 Å². The third-order valence-corrected chi connectivity index (χ3v) is 5.25. The van der Waals surface area contributed by atoms with Gasteiger partial charge < -0.3 is 13.9 Å². The van der Waals surface area contributed by atoms with Crippen LogP contribution in [0.5, 0.6) is 11.5 Å². The first-order valence-corrected chi connectivity index (χ1v) is 9.52. The minimum absolute atomic E-state index is 0.0555. The van der Waals surface area contributed by atoms with Crippen molar-refractivity contribution in [3.8, 4) is 23.0 Å². The van der Waals surface area contributed by atoms with E-state index in [0.717, 1.165) is 5.56 Å². The summed E-state index contributed by atoms with van der Waals surface area (Å²) < 4.78 is 43.4. The summed E-state index contributed by atoms with van der Waals surface area (Å²) in [6, 6.07) is 12.0. The standard InChI is InChI=1S/C18H19N3O5S/c1-12-4-9-15(25-3)16(10-12)27(22,23)19-11-17-20-21-18(26-17)13-5-7-14(24-2)8-6-13/h4-10,19H,11H2,1-3H3. The first-order chi connectivity index (χ1) is 12.9. The molecule has 8 nitrogen and oxygen atoms in total. The highest BCUT2D eigenvalue weighted by Gasteiger charge is 2.21. The Morgan fingerprint density at radius 1 is 1.04 bits per heavy atom. The molecule has 0 unspecified atom stereocenters. The SMILES string of the molecule is COc1ccc(-c2nnc(CNS(=O)(=O)c3cc(C)ccc3OC)o2)cc1. The van der Waals surface area contributed by atoms with Crippen LogP contribution in [0.2, 0.25) is 0 Å². The monoisotopic (exact) mass is 389 g/mol. The maximum Gasteiger partial charge on any atom is 0.247 e. The zero-order valence-corrected chi connectivity index (χ0v) is 15.9. The summed E-state index contributed by atoms with van der Waals surface area (Å²) >= 11 is 0. The van der Waals surface area contributed by atoms with E-state index in [4.69, 9.17) is 13.9 Å². The van der Waals surface area contributed by atoms with Gasteiger partial charge in [-0.3, -0.25) is 0 Å². The van der Waals surface area contributed by atoms with Crippen LogP contribution in [0.1, 0.15) is 11.5 Å². The van der Waals surface area contributed by atoms with Gasteiger partial charge in [0.2, 0.25) is 21.8 Å². The average molecular weight is 389 g/mol. The van der Waals surface area contributed by atoms with Gasteiger partial charge in [-0.25, -0.2) is 13.1 Å². The van der Waals surface area contributed by atoms with Gasteiger partial charge in [0.25, 0.3) is 0 Å². The molecule has 9 heteroatoms. The number of hydrogen-bond acceptors (Lipinski definition) is 7. The third kappa shape index (κ3) is 4.26. The Labute approximate surface area is 157 Å². The van der Waals surface area contributed by atoms with Gasteiger partial charge in [-0.2, -0.15) is 0 Å². The number of nitrogens with zero attached hydrogens (tertiary/aromatic N) is 2. The van der Waals surface area contributed by atoms with Gasteiger partial charge in [-0.1, -0.05) is 6.07 Å². The Balaban J connectivity index is 1.75. The number of sulfonamides is 1. The van der Waals surface area contributed by atoms with Crippen molar-refractivity contribution in [1.29, 1.82) is 0 Å². The fourth-order valence-electron chi connectivity index (χ4n) is 2.40. The molecule has 3 aromatic rings. The molecule has 0 radical (unpaired) electrons. The highest BCUT2D eigenvalue weighted by molar-refractivity contribution is 7.89. The van der Waals surface area contributed by atoms with Crippen molar-refractivity contribution in [1.82, 2.24) is 14.9 Å². The molecule has 27 heavy (non-hydrogen) atoms. The van der Waals surface area contributed by atoms with Crippen LogP contribution >= 0.6 is 0 Å². The molecule has 0 saturated heterocycles. The van der Waals surface area contributed by atoms with E-state index in [-0.39, 0.29) is 23.1 Å². The van der Waals surface area contributed by atoms with Crippen molar-refractivity contribution in [3.63, 3.8) is 0 Å². The minimum Gasteiger partial charge on any atom is -0.497 e. The van der Waals surface area contributed by atoms with Crippen molar-refractivity contribution in [3.05, 3.63) is 53.9 Å². The lowest BCUT2D eigenvalue weighted by Gasteiger charge is -2.10. The highest BCUT2D eigenvalue weighted by atomic mass is 32.2. The van der Waals surface area contributed by atoms with Crippen LogP contribution in [0.4, 0.5) is 0 Å². The highest BCUT2D eigenvalue weighted by Crippen LogP contribution is 2.25. The number of rotatable bonds is 7. The fourth-order valence-corrected chi connectivity index (χ4v) is 3.63. The molecule has 3 rings (SSSR count). The molecule has 0 spiro atoms. The number of nitrogens with one attached hydrogen (secondary N) is 1. The Bertz CT molecular complexity index is 1030. The molecular formula is C18H19N3O5S. The predicted molar refractivity (Wildman–Crippen MR) is 98.0 cm³/mol. The first-order valence-electron chi connectivity index (χ1n) is 8.04. The molecule has 1 N–H and O–H groups in total. The molecule has 0 aliphatic rings. The maximum absolute atomic E-state index is 12.6. The lowest BCUT2D eigenvalue weighted by Crippen LogP contribution is -2.24. The second-order valence-electron chi connectivity index (χ2n) is 5.71. The molecule has 1 heterocycles. The van der Waals surface area contributed by atoms with Gasteiger partial charge in [-0.15, -0.1) is 10.2 Å². The normalized spacial score (nSPS) is 11.4. The number of aryl methyl sites for hydroxylation is 1. The van der Waals surface area contributed by atoms with Crippen molar-refractivity contribution in [2.75, 3.05) is 14.2 Å². The topological polar surface area (TPSA) is 104 Å². The van der Waals surface area contributed by atoms with Crippen LogP contribution in [0.15, 0.2) is 51.8 Å². The van der Waals surface area contributed by atoms with Gasteiger partial charge in [0, 0.05) is 5.56 Å². The van der Waals surface area contributed by atoms with Gasteiger partial charge >= 0.3 is 0 Å². The number of ether oxygens (including phenoxy) is 2. The minimum atomic E-state index is -3.81. The second-order valence-corrected chi connectivity index (χ2v) is 7.44. The molecule has 0 saturated carbocycles. The van der Waals surface area contributed by atoms with Crippen LogP contribution in [0.3, 0.4) is 0 Å². The zero-order valence-electron chi connectivity index (χ0n) is 15.1. The lowest BCUT2D eigenvalue weighted by molar-refractivity contribution is 0.402. The summed E-state index contributed by atoms with van der Waals surface area (Å²) in [5.74, 6) is 1.41. The molecule has 2 aromatic carbocycles. The van der Waals surface area contributed by atoms with Gasteiger partial charge in [0.05, 0.1) is 20.8 Å². The Morgan fingerprint density at radius 2 is 1.78 bits per heavy atom. The Hall–Kier alpha value is -2.91. The molecule has 0 aliphatic carbocycles. The van der Waals surface area contributed by atoms with Crippen LogP contribution in [-0.4, -0.2) is 32.8 Å². The van der Waals surface area contributed by atoms with Crippen molar-refractivity contribution < 1.29 is 22.3 Å². The van der Waals surface area contributed by atoms with Gasteiger partial charge in [0.1, 0.15) is 16.4 Å². The largest absolute Gasteiger partial charge is 0.497 e. The first kappa shape index (κ1) is 18.9. The summed E-state index contributed by atoms with van der Waals surface area (Å²) in [5, 5.41) is 7.83. The molecule has 142 valence electrons. The summed E-state index contributed by atoms with van der Waals surface area (Å²) in [5.41, 5.74) is 1.51. The Morgan fingerprint density at radius 3 is 2.44 bits per heavy atom. The molecule has 0 amide bonds. The van der Waals surface area contributed by atoms with E-state index in [1.54, 1.807) is 50.4 Å². The summed E-state index contributed by atoms with van der Waals surface area (Å²) in [6.45, 7) is 1.67. The smallest absolute Gasteiger partial charge is 0.247 e. The van der Waals surface area contributed by atoms with E-state index in [1.807, 2.05) is 0 Å². The average Bonchev–Trinajstić information content (AvgIpc) is 3.15. The van der Waals surface area contributed by atoms with E-state index >= 15 is 0 Å². The molecule has 1 aromatic heterocycles. The predicted octanol–water partition coefficient (Wildman–Crippen LogP) is 2.54.